The van der Waals surface area contributed by atoms with E-state index in [9.17, 15) is 0 Å². The average Bonchev–Trinajstić information content (AvgIpc) is 2.65. The molecule has 62 valence electrons. The summed E-state index contributed by atoms with van der Waals surface area (Å²) in [6.07, 6.45) is 1.84. The Morgan fingerprint density at radius 3 is 3.00 bits per heavy atom. The Hall–Kier alpha value is -1.09. The number of hydrogen-bond acceptors (Lipinski definition) is 2. The first-order valence-corrected chi connectivity index (χ1v) is 4.75. The summed E-state index contributed by atoms with van der Waals surface area (Å²) in [4.78, 5) is 1.35. The van der Waals surface area contributed by atoms with Gasteiger partial charge in [0.2, 0.25) is 0 Å². The maximum atomic E-state index is 4.21. The number of nitrogens with zero attached hydrogens (tertiary/aromatic N) is 2. The van der Waals surface area contributed by atoms with E-state index in [1.165, 1.54) is 10.6 Å². The molecule has 3 heteroatoms. The Labute approximate surface area is 75.5 Å². The van der Waals surface area contributed by atoms with Crippen LogP contribution in [-0.2, 0) is 6.54 Å². The van der Waals surface area contributed by atoms with Crippen LogP contribution in [0.1, 0.15) is 10.6 Å². The van der Waals surface area contributed by atoms with Gasteiger partial charge >= 0.3 is 0 Å². The molecule has 0 aromatic carbocycles. The van der Waals surface area contributed by atoms with Gasteiger partial charge in [-0.15, -0.1) is 11.3 Å². The number of hydrogen-bond donors (Lipinski definition) is 0. The summed E-state index contributed by atoms with van der Waals surface area (Å²) in [5.74, 6) is 0. The van der Waals surface area contributed by atoms with E-state index in [0.717, 1.165) is 6.54 Å². The maximum Gasteiger partial charge on any atom is 0.0755 e. The standard InChI is InChI=1S/C9H10N2S/c1-8-4-5-10-11(8)7-9-3-2-6-12-9/h2-6H,7H2,1H3. The van der Waals surface area contributed by atoms with Crippen molar-refractivity contribution in [2.24, 2.45) is 0 Å². The molecule has 2 aromatic rings. The van der Waals surface area contributed by atoms with Crippen molar-refractivity contribution in [3.63, 3.8) is 0 Å². The van der Waals surface area contributed by atoms with Crippen molar-refractivity contribution in [1.29, 1.82) is 0 Å². The molecule has 0 spiro atoms. The van der Waals surface area contributed by atoms with Crippen LogP contribution in [0.4, 0.5) is 0 Å². The second-order valence-corrected chi connectivity index (χ2v) is 3.74. The van der Waals surface area contributed by atoms with Crippen LogP contribution >= 0.6 is 11.3 Å². The third-order valence-corrected chi connectivity index (χ3v) is 2.68. The van der Waals surface area contributed by atoms with E-state index in [4.69, 9.17) is 0 Å². The van der Waals surface area contributed by atoms with Gasteiger partial charge in [0.05, 0.1) is 6.54 Å². The van der Waals surface area contributed by atoms with Crippen LogP contribution in [0.15, 0.2) is 29.8 Å². The van der Waals surface area contributed by atoms with E-state index < -0.39 is 0 Å². The third kappa shape index (κ3) is 1.41. The zero-order valence-corrected chi connectivity index (χ0v) is 7.71. The fraction of sp³-hybridized carbons (Fsp3) is 0.222. The molecule has 0 saturated heterocycles. The van der Waals surface area contributed by atoms with Crippen LogP contribution in [0, 0.1) is 6.92 Å². The first kappa shape index (κ1) is 7.55. The molecule has 0 bridgehead atoms. The molecule has 0 unspecified atom stereocenters. The predicted molar refractivity (Wildman–Crippen MR) is 50.4 cm³/mol. The summed E-state index contributed by atoms with van der Waals surface area (Å²) in [7, 11) is 0. The number of thiophene rings is 1. The Kier molecular flexibility index (Phi) is 1.96. The first-order valence-electron chi connectivity index (χ1n) is 3.87. The van der Waals surface area contributed by atoms with E-state index >= 15 is 0 Å². The number of rotatable bonds is 2. The van der Waals surface area contributed by atoms with Gasteiger partial charge in [-0.25, -0.2) is 0 Å². The molecule has 12 heavy (non-hydrogen) atoms. The maximum absolute atomic E-state index is 4.21. The van der Waals surface area contributed by atoms with Gasteiger partial charge in [0.15, 0.2) is 0 Å². The van der Waals surface area contributed by atoms with Crippen molar-refractivity contribution in [2.75, 3.05) is 0 Å². The van der Waals surface area contributed by atoms with Gasteiger partial charge in [0.1, 0.15) is 0 Å². The van der Waals surface area contributed by atoms with Crippen molar-refractivity contribution in [3.05, 3.63) is 40.3 Å². The SMILES string of the molecule is Cc1ccnn1Cc1cccs1. The highest BCUT2D eigenvalue weighted by Gasteiger charge is 1.98. The summed E-state index contributed by atoms with van der Waals surface area (Å²) in [5, 5.41) is 6.31. The lowest BCUT2D eigenvalue weighted by Gasteiger charge is -2.00. The molecule has 0 atom stereocenters. The molecule has 0 aliphatic carbocycles. The zero-order chi connectivity index (χ0) is 8.39. The number of aryl methyl sites for hydroxylation is 1. The summed E-state index contributed by atoms with van der Waals surface area (Å²) >= 11 is 1.77. The lowest BCUT2D eigenvalue weighted by molar-refractivity contribution is 0.672. The summed E-state index contributed by atoms with van der Waals surface area (Å²) in [6.45, 7) is 2.97. The smallest absolute Gasteiger partial charge is 0.0755 e. The van der Waals surface area contributed by atoms with Crippen LogP contribution < -0.4 is 0 Å². The molecular weight excluding hydrogens is 168 g/mol. The van der Waals surface area contributed by atoms with Gasteiger partial charge in [-0.3, -0.25) is 4.68 Å². The van der Waals surface area contributed by atoms with E-state index in [2.05, 4.69) is 29.5 Å². The van der Waals surface area contributed by atoms with Gasteiger partial charge in [0.25, 0.3) is 0 Å². The highest BCUT2D eigenvalue weighted by molar-refractivity contribution is 7.09. The van der Waals surface area contributed by atoms with Crippen molar-refractivity contribution in [2.45, 2.75) is 13.5 Å². The fourth-order valence-electron chi connectivity index (χ4n) is 1.11. The van der Waals surface area contributed by atoms with E-state index in [1.807, 2.05) is 16.9 Å². The minimum absolute atomic E-state index is 0.899. The van der Waals surface area contributed by atoms with E-state index in [0.29, 0.717) is 0 Å². The molecule has 0 N–H and O–H groups in total. The lowest BCUT2D eigenvalue weighted by atomic mass is 10.4. The highest BCUT2D eigenvalue weighted by Crippen LogP contribution is 2.10. The van der Waals surface area contributed by atoms with Gasteiger partial charge in [-0.2, -0.15) is 5.10 Å². The molecule has 0 aliphatic rings. The van der Waals surface area contributed by atoms with Crippen molar-refractivity contribution < 1.29 is 0 Å². The molecule has 0 amide bonds. The fourth-order valence-corrected chi connectivity index (χ4v) is 1.80. The average molecular weight is 178 g/mol. The highest BCUT2D eigenvalue weighted by atomic mass is 32.1. The summed E-state index contributed by atoms with van der Waals surface area (Å²) in [5.41, 5.74) is 1.21. The Morgan fingerprint density at radius 2 is 2.42 bits per heavy atom. The third-order valence-electron chi connectivity index (χ3n) is 1.81. The topological polar surface area (TPSA) is 17.8 Å². The van der Waals surface area contributed by atoms with Crippen molar-refractivity contribution in [3.8, 4) is 0 Å². The summed E-state index contributed by atoms with van der Waals surface area (Å²) in [6, 6.07) is 6.22. The Morgan fingerprint density at radius 1 is 1.50 bits per heavy atom. The lowest BCUT2D eigenvalue weighted by Crippen LogP contribution is -2.01. The van der Waals surface area contributed by atoms with Crippen LogP contribution in [0.3, 0.4) is 0 Å². The first-order chi connectivity index (χ1) is 5.86. The normalized spacial score (nSPS) is 10.4. The van der Waals surface area contributed by atoms with Gasteiger partial charge in [0, 0.05) is 16.8 Å². The van der Waals surface area contributed by atoms with Crippen LogP contribution in [0.25, 0.3) is 0 Å². The molecule has 2 aromatic heterocycles. The second kappa shape index (κ2) is 3.11. The minimum atomic E-state index is 0.899. The molecule has 0 radical (unpaired) electrons. The molecule has 0 aliphatic heterocycles. The quantitative estimate of drug-likeness (QED) is 0.690. The Balaban J connectivity index is 2.20. The van der Waals surface area contributed by atoms with Crippen LogP contribution in [-0.4, -0.2) is 9.78 Å². The van der Waals surface area contributed by atoms with Crippen LogP contribution in [0.2, 0.25) is 0 Å². The molecule has 2 rings (SSSR count). The molecular formula is C9H10N2S. The predicted octanol–water partition coefficient (Wildman–Crippen LogP) is 2.30. The molecule has 0 fully saturated rings. The zero-order valence-electron chi connectivity index (χ0n) is 6.90. The summed E-state index contributed by atoms with van der Waals surface area (Å²) < 4.78 is 2.01. The van der Waals surface area contributed by atoms with E-state index in [-0.39, 0.29) is 0 Å². The van der Waals surface area contributed by atoms with Gasteiger partial charge < -0.3 is 0 Å². The minimum Gasteiger partial charge on any atom is -0.265 e. The second-order valence-electron chi connectivity index (χ2n) is 2.71. The number of aromatic nitrogens is 2. The van der Waals surface area contributed by atoms with Crippen molar-refractivity contribution >= 4 is 11.3 Å². The Bertz CT molecular complexity index is 348. The van der Waals surface area contributed by atoms with Crippen molar-refractivity contribution in [1.82, 2.24) is 9.78 Å². The molecule has 0 saturated carbocycles. The largest absolute Gasteiger partial charge is 0.265 e. The monoisotopic (exact) mass is 178 g/mol. The molecule has 2 heterocycles. The molecule has 2 nitrogen and oxygen atoms in total. The van der Waals surface area contributed by atoms with Gasteiger partial charge in [-0.1, -0.05) is 6.07 Å². The van der Waals surface area contributed by atoms with Crippen LogP contribution in [0.5, 0.6) is 0 Å². The van der Waals surface area contributed by atoms with E-state index in [1.54, 1.807) is 11.3 Å². The van der Waals surface area contributed by atoms with Gasteiger partial charge in [-0.05, 0) is 24.4 Å².